The molecule has 0 aliphatic carbocycles. The van der Waals surface area contributed by atoms with Crippen LogP contribution in [0.4, 0.5) is 0 Å². The zero-order valence-corrected chi connectivity index (χ0v) is 8.92. The van der Waals surface area contributed by atoms with E-state index < -0.39 is 0 Å². The first-order chi connectivity index (χ1) is 6.24. The summed E-state index contributed by atoms with van der Waals surface area (Å²) in [5.41, 5.74) is 0.640. The van der Waals surface area contributed by atoms with Gasteiger partial charge in [0.2, 0.25) is 0 Å². The van der Waals surface area contributed by atoms with Gasteiger partial charge in [0.05, 0.1) is 5.02 Å². The summed E-state index contributed by atoms with van der Waals surface area (Å²) in [5, 5.41) is 3.22. The minimum Gasteiger partial charge on any atom is -0.298 e. The van der Waals surface area contributed by atoms with E-state index in [0.717, 1.165) is 21.3 Å². The van der Waals surface area contributed by atoms with E-state index in [1.807, 2.05) is 6.07 Å². The highest BCUT2D eigenvalue weighted by atomic mass is 35.5. The smallest absolute Gasteiger partial charge is 0.151 e. The molecule has 0 unspecified atom stereocenters. The topological polar surface area (TPSA) is 17.1 Å². The number of rotatable bonds is 1. The van der Waals surface area contributed by atoms with E-state index in [0.29, 0.717) is 10.6 Å². The molecule has 0 saturated carbocycles. The van der Waals surface area contributed by atoms with Crippen LogP contribution in [-0.4, -0.2) is 6.29 Å². The third-order valence-corrected chi connectivity index (χ3v) is 3.68. The van der Waals surface area contributed by atoms with Crippen LogP contribution in [0.5, 0.6) is 0 Å². The number of thiol groups is 1. The van der Waals surface area contributed by atoms with E-state index in [9.17, 15) is 4.79 Å². The third-order valence-electron chi connectivity index (χ3n) is 1.81. The molecule has 4 heteroatoms. The Morgan fingerprint density at radius 3 is 2.92 bits per heavy atom. The predicted octanol–water partition coefficient (Wildman–Crippen LogP) is 3.66. The molecule has 2 rings (SSSR count). The molecule has 2 aromatic rings. The van der Waals surface area contributed by atoms with Gasteiger partial charge in [-0.2, -0.15) is 0 Å². The zero-order valence-electron chi connectivity index (χ0n) is 6.45. The Hall–Kier alpha value is -0.510. The fraction of sp³-hybridized carbons (Fsp3) is 0. The zero-order chi connectivity index (χ0) is 9.42. The lowest BCUT2D eigenvalue weighted by molar-refractivity contribution is 0.112. The van der Waals surface area contributed by atoms with Gasteiger partial charge in [-0.25, -0.2) is 0 Å². The van der Waals surface area contributed by atoms with Crippen LogP contribution in [0.3, 0.4) is 0 Å². The van der Waals surface area contributed by atoms with Gasteiger partial charge in [-0.3, -0.25) is 4.79 Å². The van der Waals surface area contributed by atoms with Crippen molar-refractivity contribution in [3.63, 3.8) is 0 Å². The summed E-state index contributed by atoms with van der Waals surface area (Å²) in [6.45, 7) is 0. The molecule has 0 spiro atoms. The highest BCUT2D eigenvalue weighted by Gasteiger charge is 2.08. The first-order valence-electron chi connectivity index (χ1n) is 3.58. The lowest BCUT2D eigenvalue weighted by atomic mass is 10.2. The van der Waals surface area contributed by atoms with Crippen molar-refractivity contribution in [2.24, 2.45) is 0 Å². The van der Waals surface area contributed by atoms with Crippen LogP contribution in [0.25, 0.3) is 10.1 Å². The molecule has 0 radical (unpaired) electrons. The Balaban J connectivity index is 2.95. The van der Waals surface area contributed by atoms with E-state index >= 15 is 0 Å². The fourth-order valence-corrected chi connectivity index (χ4v) is 2.82. The van der Waals surface area contributed by atoms with Crippen LogP contribution in [0.1, 0.15) is 10.4 Å². The lowest BCUT2D eigenvalue weighted by Gasteiger charge is -1.97. The average Bonchev–Trinajstić information content (AvgIpc) is 2.56. The maximum atomic E-state index is 10.7. The molecular formula is C9H5ClOS2. The molecule has 1 aromatic carbocycles. The molecule has 0 aliphatic heterocycles. The molecule has 0 amide bonds. The minimum absolute atomic E-state index is 0.608. The molecule has 66 valence electrons. The molecule has 1 aromatic heterocycles. The first kappa shape index (κ1) is 9.06. The second-order valence-electron chi connectivity index (χ2n) is 2.58. The van der Waals surface area contributed by atoms with Crippen molar-refractivity contribution in [3.05, 3.63) is 28.1 Å². The first-order valence-corrected chi connectivity index (χ1v) is 5.28. The Labute approximate surface area is 89.7 Å². The Bertz CT molecular complexity index is 476. The highest BCUT2D eigenvalue weighted by Crippen LogP contribution is 2.35. The maximum absolute atomic E-state index is 10.7. The maximum Gasteiger partial charge on any atom is 0.151 e. The predicted molar refractivity (Wildman–Crippen MR) is 59.5 cm³/mol. The molecule has 0 fully saturated rings. The van der Waals surface area contributed by atoms with Crippen LogP contribution in [0.15, 0.2) is 22.4 Å². The summed E-state index contributed by atoms with van der Waals surface area (Å²) in [6.07, 6.45) is 0.817. The number of hydrogen-bond donors (Lipinski definition) is 1. The minimum atomic E-state index is 0.608. The molecule has 1 heterocycles. The Morgan fingerprint density at radius 2 is 2.23 bits per heavy atom. The van der Waals surface area contributed by atoms with E-state index in [1.54, 1.807) is 11.4 Å². The van der Waals surface area contributed by atoms with Gasteiger partial charge in [-0.1, -0.05) is 11.6 Å². The van der Waals surface area contributed by atoms with E-state index in [4.69, 9.17) is 11.6 Å². The standard InChI is InChI=1S/C9H5ClOS2/c10-6-1-2-7(12)9-8(6)5(3-11)4-13-9/h1-4,12H. The number of carbonyl (C=O) groups is 1. The third kappa shape index (κ3) is 1.37. The van der Waals surface area contributed by atoms with Crippen molar-refractivity contribution in [3.8, 4) is 0 Å². The second-order valence-corrected chi connectivity index (χ2v) is 4.35. The Kier molecular flexibility index (Phi) is 2.32. The SMILES string of the molecule is O=Cc1csc2c(S)ccc(Cl)c12. The van der Waals surface area contributed by atoms with E-state index in [2.05, 4.69) is 12.6 Å². The monoisotopic (exact) mass is 228 g/mol. The molecule has 0 N–H and O–H groups in total. The van der Waals surface area contributed by atoms with Gasteiger partial charge in [0.1, 0.15) is 0 Å². The normalized spacial score (nSPS) is 10.6. The number of carbonyl (C=O) groups excluding carboxylic acids is 1. The fourth-order valence-electron chi connectivity index (χ4n) is 1.20. The number of thiophene rings is 1. The second kappa shape index (κ2) is 3.33. The van der Waals surface area contributed by atoms with Gasteiger partial charge in [-0.05, 0) is 12.1 Å². The summed E-state index contributed by atoms with van der Waals surface area (Å²) >= 11 is 11.7. The summed E-state index contributed by atoms with van der Waals surface area (Å²) in [6, 6.07) is 3.59. The number of hydrogen-bond acceptors (Lipinski definition) is 3. The molecule has 13 heavy (non-hydrogen) atoms. The van der Waals surface area contributed by atoms with Crippen LogP contribution in [0, 0.1) is 0 Å². The van der Waals surface area contributed by atoms with Crippen molar-refractivity contribution in [2.75, 3.05) is 0 Å². The summed E-state index contributed by atoms with van der Waals surface area (Å²) < 4.78 is 0.970. The van der Waals surface area contributed by atoms with Crippen LogP contribution >= 0.6 is 35.6 Å². The Morgan fingerprint density at radius 1 is 1.46 bits per heavy atom. The van der Waals surface area contributed by atoms with E-state index in [-0.39, 0.29) is 0 Å². The van der Waals surface area contributed by atoms with Crippen LogP contribution < -0.4 is 0 Å². The van der Waals surface area contributed by atoms with Gasteiger partial charge in [-0.15, -0.1) is 24.0 Å². The van der Waals surface area contributed by atoms with Crippen molar-refractivity contribution in [2.45, 2.75) is 4.90 Å². The van der Waals surface area contributed by atoms with Crippen molar-refractivity contribution in [1.82, 2.24) is 0 Å². The molecular weight excluding hydrogens is 224 g/mol. The van der Waals surface area contributed by atoms with Gasteiger partial charge in [0, 0.05) is 25.9 Å². The van der Waals surface area contributed by atoms with Gasteiger partial charge in [0.25, 0.3) is 0 Å². The number of benzene rings is 1. The number of fused-ring (bicyclic) bond motifs is 1. The number of halogens is 1. The highest BCUT2D eigenvalue weighted by molar-refractivity contribution is 7.80. The average molecular weight is 229 g/mol. The lowest BCUT2D eigenvalue weighted by Crippen LogP contribution is -1.77. The van der Waals surface area contributed by atoms with Crippen molar-refractivity contribution >= 4 is 51.9 Å². The summed E-state index contributed by atoms with van der Waals surface area (Å²) in [4.78, 5) is 11.5. The molecule has 1 nitrogen and oxygen atoms in total. The summed E-state index contributed by atoms with van der Waals surface area (Å²) in [5.74, 6) is 0. The number of aldehydes is 1. The summed E-state index contributed by atoms with van der Waals surface area (Å²) in [7, 11) is 0. The quantitative estimate of drug-likeness (QED) is 0.582. The molecule has 0 saturated heterocycles. The van der Waals surface area contributed by atoms with Crippen LogP contribution in [0.2, 0.25) is 5.02 Å². The van der Waals surface area contributed by atoms with E-state index in [1.165, 1.54) is 11.3 Å². The van der Waals surface area contributed by atoms with Crippen molar-refractivity contribution < 1.29 is 4.79 Å². The molecule has 0 bridgehead atoms. The van der Waals surface area contributed by atoms with Gasteiger partial charge >= 0.3 is 0 Å². The van der Waals surface area contributed by atoms with Gasteiger partial charge in [0.15, 0.2) is 6.29 Å². The largest absolute Gasteiger partial charge is 0.298 e. The molecule has 0 atom stereocenters. The van der Waals surface area contributed by atoms with Gasteiger partial charge < -0.3 is 0 Å². The van der Waals surface area contributed by atoms with Crippen molar-refractivity contribution in [1.29, 1.82) is 0 Å². The van der Waals surface area contributed by atoms with Crippen LogP contribution in [-0.2, 0) is 0 Å². The molecule has 0 aliphatic rings.